The summed E-state index contributed by atoms with van der Waals surface area (Å²) in [6.07, 6.45) is 3.21. The van der Waals surface area contributed by atoms with Crippen LogP contribution in [0.2, 0.25) is 0 Å². The van der Waals surface area contributed by atoms with Crippen LogP contribution in [0.15, 0.2) is 24.4 Å². The first-order valence-electron chi connectivity index (χ1n) is 6.25. The van der Waals surface area contributed by atoms with Crippen LogP contribution in [0.4, 0.5) is 0 Å². The second-order valence-electron chi connectivity index (χ2n) is 4.72. The zero-order valence-electron chi connectivity index (χ0n) is 10.5. The first-order chi connectivity index (χ1) is 9.08. The first kappa shape index (κ1) is 13.5. The quantitative estimate of drug-likeness (QED) is 0.773. The maximum atomic E-state index is 12.2. The van der Waals surface area contributed by atoms with Crippen LogP contribution in [0, 0.1) is 0 Å². The SMILES string of the molecule is NC(CC(=O)O)C(=O)N(Cc1ccccn1)C1CC1. The molecule has 1 fully saturated rings. The minimum atomic E-state index is -1.06. The van der Waals surface area contributed by atoms with Gasteiger partial charge < -0.3 is 15.7 Å². The summed E-state index contributed by atoms with van der Waals surface area (Å²) in [7, 11) is 0. The number of carboxylic acids is 1. The summed E-state index contributed by atoms with van der Waals surface area (Å²) in [6, 6.07) is 4.69. The van der Waals surface area contributed by atoms with E-state index in [4.69, 9.17) is 10.8 Å². The van der Waals surface area contributed by atoms with Crippen molar-refractivity contribution >= 4 is 11.9 Å². The van der Waals surface area contributed by atoms with Gasteiger partial charge in [-0.15, -0.1) is 0 Å². The van der Waals surface area contributed by atoms with Crippen molar-refractivity contribution in [2.75, 3.05) is 0 Å². The van der Waals surface area contributed by atoms with Crippen LogP contribution in [-0.4, -0.2) is 39.0 Å². The van der Waals surface area contributed by atoms with E-state index >= 15 is 0 Å². The van der Waals surface area contributed by atoms with E-state index in [1.807, 2.05) is 18.2 Å². The lowest BCUT2D eigenvalue weighted by Gasteiger charge is -2.24. The van der Waals surface area contributed by atoms with Gasteiger partial charge in [-0.3, -0.25) is 14.6 Å². The number of nitrogens with zero attached hydrogens (tertiary/aromatic N) is 2. The fourth-order valence-corrected chi connectivity index (χ4v) is 1.93. The van der Waals surface area contributed by atoms with E-state index in [0.717, 1.165) is 18.5 Å². The molecule has 19 heavy (non-hydrogen) atoms. The van der Waals surface area contributed by atoms with Gasteiger partial charge in [0, 0.05) is 12.2 Å². The Morgan fingerprint density at radius 3 is 2.74 bits per heavy atom. The highest BCUT2D eigenvalue weighted by Crippen LogP contribution is 2.28. The van der Waals surface area contributed by atoms with E-state index in [-0.39, 0.29) is 18.4 Å². The number of carboxylic acid groups (broad SMARTS) is 1. The average Bonchev–Trinajstić information content (AvgIpc) is 3.20. The van der Waals surface area contributed by atoms with Crippen molar-refractivity contribution in [3.05, 3.63) is 30.1 Å². The lowest BCUT2D eigenvalue weighted by Crippen LogP contribution is -2.45. The third kappa shape index (κ3) is 3.75. The smallest absolute Gasteiger partial charge is 0.305 e. The Bertz CT molecular complexity index is 459. The van der Waals surface area contributed by atoms with Gasteiger partial charge in [-0.05, 0) is 25.0 Å². The Hall–Kier alpha value is -1.95. The van der Waals surface area contributed by atoms with Crippen LogP contribution in [-0.2, 0) is 16.1 Å². The Balaban J connectivity index is 2.03. The second-order valence-corrected chi connectivity index (χ2v) is 4.72. The number of rotatable bonds is 6. The molecule has 6 nitrogen and oxygen atoms in total. The van der Waals surface area contributed by atoms with E-state index in [1.54, 1.807) is 11.1 Å². The molecular formula is C13H17N3O3. The predicted molar refractivity (Wildman–Crippen MR) is 68.0 cm³/mol. The third-order valence-electron chi connectivity index (χ3n) is 3.04. The van der Waals surface area contributed by atoms with Crippen LogP contribution in [0.1, 0.15) is 25.0 Å². The topological polar surface area (TPSA) is 96.5 Å². The van der Waals surface area contributed by atoms with Gasteiger partial charge in [-0.1, -0.05) is 6.07 Å². The zero-order chi connectivity index (χ0) is 13.8. The van der Waals surface area contributed by atoms with Crippen molar-refractivity contribution < 1.29 is 14.7 Å². The molecule has 0 aromatic carbocycles. The van der Waals surface area contributed by atoms with Gasteiger partial charge in [-0.25, -0.2) is 0 Å². The fourth-order valence-electron chi connectivity index (χ4n) is 1.93. The van der Waals surface area contributed by atoms with Gasteiger partial charge in [0.2, 0.25) is 5.91 Å². The number of carbonyl (C=O) groups excluding carboxylic acids is 1. The minimum absolute atomic E-state index is 0.175. The van der Waals surface area contributed by atoms with Crippen molar-refractivity contribution in [3.8, 4) is 0 Å². The van der Waals surface area contributed by atoms with Crippen molar-refractivity contribution in [2.45, 2.75) is 37.9 Å². The summed E-state index contributed by atoms with van der Waals surface area (Å²) in [5, 5.41) is 8.70. The Kier molecular flexibility index (Phi) is 4.11. The molecule has 1 amide bonds. The zero-order valence-corrected chi connectivity index (χ0v) is 10.5. The van der Waals surface area contributed by atoms with Crippen LogP contribution in [0.25, 0.3) is 0 Å². The number of amides is 1. The summed E-state index contributed by atoms with van der Waals surface area (Å²) in [6.45, 7) is 0.387. The molecule has 1 heterocycles. The second kappa shape index (κ2) is 5.79. The molecule has 3 N–H and O–H groups in total. The number of hydrogen-bond donors (Lipinski definition) is 2. The Morgan fingerprint density at radius 2 is 2.21 bits per heavy atom. The van der Waals surface area contributed by atoms with E-state index in [1.165, 1.54) is 0 Å². The molecule has 1 aliphatic rings. The van der Waals surface area contributed by atoms with Crippen LogP contribution >= 0.6 is 0 Å². The third-order valence-corrected chi connectivity index (χ3v) is 3.04. The van der Waals surface area contributed by atoms with E-state index in [9.17, 15) is 9.59 Å². The van der Waals surface area contributed by atoms with Gasteiger partial charge >= 0.3 is 5.97 Å². The molecule has 0 spiro atoms. The fraction of sp³-hybridized carbons (Fsp3) is 0.462. The summed E-state index contributed by atoms with van der Waals surface area (Å²) in [5.74, 6) is -1.37. The maximum Gasteiger partial charge on any atom is 0.305 e. The predicted octanol–water partition coefficient (Wildman–Crippen LogP) is 0.375. The monoisotopic (exact) mass is 263 g/mol. The number of pyridine rings is 1. The summed E-state index contributed by atoms with van der Waals surface area (Å²) >= 11 is 0. The molecule has 1 aromatic heterocycles. The van der Waals surface area contributed by atoms with Crippen molar-refractivity contribution in [2.24, 2.45) is 5.73 Å². The molecule has 1 saturated carbocycles. The lowest BCUT2D eigenvalue weighted by molar-refractivity contribution is -0.142. The Morgan fingerprint density at radius 1 is 1.47 bits per heavy atom. The number of nitrogens with two attached hydrogens (primary N) is 1. The molecule has 2 rings (SSSR count). The van der Waals surface area contributed by atoms with Gasteiger partial charge in [-0.2, -0.15) is 0 Å². The molecule has 102 valence electrons. The maximum absolute atomic E-state index is 12.2. The standard InChI is InChI=1S/C13H17N3O3/c14-11(7-12(17)18)13(19)16(10-4-5-10)8-9-3-1-2-6-15-9/h1-3,6,10-11H,4-5,7-8,14H2,(H,17,18). The van der Waals surface area contributed by atoms with Crippen LogP contribution in [0.5, 0.6) is 0 Å². The molecule has 0 radical (unpaired) electrons. The molecule has 1 aromatic rings. The summed E-state index contributed by atoms with van der Waals surface area (Å²) < 4.78 is 0. The largest absolute Gasteiger partial charge is 0.481 e. The summed E-state index contributed by atoms with van der Waals surface area (Å²) in [4.78, 5) is 28.6. The molecule has 6 heteroatoms. The molecule has 0 bridgehead atoms. The average molecular weight is 263 g/mol. The Labute approximate surface area is 111 Å². The van der Waals surface area contributed by atoms with Crippen molar-refractivity contribution in [1.82, 2.24) is 9.88 Å². The number of aromatic nitrogens is 1. The number of carbonyl (C=O) groups is 2. The van der Waals surface area contributed by atoms with E-state index in [2.05, 4.69) is 4.98 Å². The highest BCUT2D eigenvalue weighted by Gasteiger charge is 2.35. The summed E-state index contributed by atoms with van der Waals surface area (Å²) in [5.41, 5.74) is 6.43. The first-order valence-corrected chi connectivity index (χ1v) is 6.25. The van der Waals surface area contributed by atoms with Crippen LogP contribution in [0.3, 0.4) is 0 Å². The minimum Gasteiger partial charge on any atom is -0.481 e. The normalized spacial score (nSPS) is 15.8. The van der Waals surface area contributed by atoms with E-state index < -0.39 is 12.0 Å². The molecule has 1 atom stereocenters. The highest BCUT2D eigenvalue weighted by molar-refractivity contribution is 5.86. The molecule has 0 saturated heterocycles. The molecule has 1 aliphatic carbocycles. The van der Waals surface area contributed by atoms with Gasteiger partial charge in [0.25, 0.3) is 0 Å². The molecule has 0 aliphatic heterocycles. The molecular weight excluding hydrogens is 246 g/mol. The molecule has 1 unspecified atom stereocenters. The highest BCUT2D eigenvalue weighted by atomic mass is 16.4. The van der Waals surface area contributed by atoms with Crippen molar-refractivity contribution in [1.29, 1.82) is 0 Å². The van der Waals surface area contributed by atoms with Crippen molar-refractivity contribution in [3.63, 3.8) is 0 Å². The van der Waals surface area contributed by atoms with Gasteiger partial charge in [0.05, 0.1) is 24.7 Å². The number of hydrogen-bond acceptors (Lipinski definition) is 4. The van der Waals surface area contributed by atoms with E-state index in [0.29, 0.717) is 6.54 Å². The van der Waals surface area contributed by atoms with Gasteiger partial charge in [0.15, 0.2) is 0 Å². The lowest BCUT2D eigenvalue weighted by atomic mass is 10.2. The number of aliphatic carboxylic acids is 1. The van der Waals surface area contributed by atoms with Gasteiger partial charge in [0.1, 0.15) is 0 Å². The van der Waals surface area contributed by atoms with Crippen LogP contribution < -0.4 is 5.73 Å².